The predicted molar refractivity (Wildman–Crippen MR) is 87.0 cm³/mol. The Kier molecular flexibility index (Phi) is 3.48. The molecule has 0 aliphatic heterocycles. The van der Waals surface area contributed by atoms with Gasteiger partial charge in [-0.3, -0.25) is 0 Å². The lowest BCUT2D eigenvalue weighted by Crippen LogP contribution is -1.86. The molecule has 0 aromatic heterocycles. The van der Waals surface area contributed by atoms with Crippen LogP contribution in [-0.4, -0.2) is 0 Å². The maximum atomic E-state index is 2.40. The molecule has 0 heteroatoms. The molecule has 0 N–H and O–H groups in total. The number of hydrogen-bond donors (Lipinski definition) is 0. The van der Waals surface area contributed by atoms with Gasteiger partial charge in [-0.15, -0.1) is 0 Å². The number of aryl methyl sites for hydroxylation is 3. The van der Waals surface area contributed by atoms with E-state index in [1.54, 1.807) is 0 Å². The maximum absolute atomic E-state index is 2.40. The van der Waals surface area contributed by atoms with Gasteiger partial charge in [-0.2, -0.15) is 0 Å². The van der Waals surface area contributed by atoms with E-state index < -0.39 is 0 Å². The molecule has 2 aromatic rings. The number of hydrogen-bond acceptors (Lipinski definition) is 0. The number of rotatable bonds is 3. The van der Waals surface area contributed by atoms with E-state index >= 15 is 0 Å². The third-order valence-corrected chi connectivity index (χ3v) is 4.40. The van der Waals surface area contributed by atoms with Crippen LogP contribution in [0.3, 0.4) is 0 Å². The first-order valence-corrected chi connectivity index (χ1v) is 7.46. The molecule has 1 aliphatic rings. The third kappa shape index (κ3) is 2.70. The summed E-state index contributed by atoms with van der Waals surface area (Å²) in [5.74, 6) is 1.45. The van der Waals surface area contributed by atoms with E-state index in [2.05, 4.69) is 75.4 Å². The second-order valence-electron chi connectivity index (χ2n) is 6.08. The lowest BCUT2D eigenvalue weighted by atomic mass is 10.0. The van der Waals surface area contributed by atoms with Crippen LogP contribution in [0.1, 0.15) is 40.2 Å². The van der Waals surface area contributed by atoms with Crippen LogP contribution >= 0.6 is 0 Å². The van der Waals surface area contributed by atoms with Gasteiger partial charge in [0.1, 0.15) is 0 Å². The normalized spacial score (nSPS) is 21.4. The summed E-state index contributed by atoms with van der Waals surface area (Å²) in [5, 5.41) is 0. The van der Waals surface area contributed by atoms with Crippen LogP contribution in [0.5, 0.6) is 0 Å². The fourth-order valence-electron chi connectivity index (χ4n) is 2.93. The topological polar surface area (TPSA) is 0 Å². The minimum absolute atomic E-state index is 0.719. The van der Waals surface area contributed by atoms with E-state index in [0.29, 0.717) is 0 Å². The average Bonchev–Trinajstić information content (AvgIpc) is 3.18. The standard InChI is InChI=1S/C20H22/c1-14-7-9-17(10-8-14)20-13-18(20)11-12-19-15(2)5-4-6-16(19)3/h4-12,18,20H,13H2,1-3H3/b12-11+/t18-,20-/m0/s1. The molecule has 2 aromatic carbocycles. The second kappa shape index (κ2) is 5.28. The van der Waals surface area contributed by atoms with Gasteiger partial charge in [0, 0.05) is 0 Å². The fraction of sp³-hybridized carbons (Fsp3) is 0.300. The molecule has 2 atom stereocenters. The van der Waals surface area contributed by atoms with Gasteiger partial charge in [-0.05, 0) is 61.3 Å². The molecule has 0 nitrogen and oxygen atoms in total. The van der Waals surface area contributed by atoms with Gasteiger partial charge in [0.25, 0.3) is 0 Å². The summed E-state index contributed by atoms with van der Waals surface area (Å²) in [6.07, 6.45) is 6.02. The lowest BCUT2D eigenvalue weighted by Gasteiger charge is -2.04. The van der Waals surface area contributed by atoms with Crippen molar-refractivity contribution in [2.45, 2.75) is 33.1 Å². The van der Waals surface area contributed by atoms with Gasteiger partial charge >= 0.3 is 0 Å². The Morgan fingerprint density at radius 1 is 0.900 bits per heavy atom. The van der Waals surface area contributed by atoms with Crippen LogP contribution < -0.4 is 0 Å². The van der Waals surface area contributed by atoms with Crippen LogP contribution in [0.25, 0.3) is 6.08 Å². The van der Waals surface area contributed by atoms with Crippen molar-refractivity contribution in [2.75, 3.05) is 0 Å². The molecule has 0 spiro atoms. The number of allylic oxidation sites excluding steroid dienone is 1. The van der Waals surface area contributed by atoms with Crippen molar-refractivity contribution < 1.29 is 0 Å². The first-order valence-electron chi connectivity index (χ1n) is 7.46. The number of benzene rings is 2. The highest BCUT2D eigenvalue weighted by atomic mass is 14.4. The Balaban J connectivity index is 1.71. The molecule has 0 radical (unpaired) electrons. The van der Waals surface area contributed by atoms with Gasteiger partial charge in [-0.1, -0.05) is 60.2 Å². The van der Waals surface area contributed by atoms with E-state index in [0.717, 1.165) is 11.8 Å². The van der Waals surface area contributed by atoms with Gasteiger partial charge < -0.3 is 0 Å². The highest BCUT2D eigenvalue weighted by molar-refractivity contribution is 5.58. The monoisotopic (exact) mass is 262 g/mol. The molecule has 1 aliphatic carbocycles. The summed E-state index contributed by atoms with van der Waals surface area (Å²) in [6, 6.07) is 15.5. The minimum Gasteiger partial charge on any atom is -0.0802 e. The molecule has 20 heavy (non-hydrogen) atoms. The third-order valence-electron chi connectivity index (χ3n) is 4.40. The van der Waals surface area contributed by atoms with E-state index in [9.17, 15) is 0 Å². The molecule has 102 valence electrons. The Morgan fingerprint density at radius 2 is 1.55 bits per heavy atom. The highest BCUT2D eigenvalue weighted by Gasteiger charge is 2.35. The smallest absolute Gasteiger partial charge is 0.00929 e. The summed E-state index contributed by atoms with van der Waals surface area (Å²) < 4.78 is 0. The van der Waals surface area contributed by atoms with Crippen LogP contribution in [0.4, 0.5) is 0 Å². The van der Waals surface area contributed by atoms with Gasteiger partial charge in [-0.25, -0.2) is 0 Å². The largest absolute Gasteiger partial charge is 0.0802 e. The lowest BCUT2D eigenvalue weighted by molar-refractivity contribution is 1.01. The Morgan fingerprint density at radius 3 is 2.20 bits per heavy atom. The first-order chi connectivity index (χ1) is 9.65. The Labute approximate surface area is 122 Å². The van der Waals surface area contributed by atoms with E-state index in [4.69, 9.17) is 0 Å². The van der Waals surface area contributed by atoms with Crippen molar-refractivity contribution in [3.63, 3.8) is 0 Å². The van der Waals surface area contributed by atoms with Crippen molar-refractivity contribution in [1.29, 1.82) is 0 Å². The van der Waals surface area contributed by atoms with E-state index in [-0.39, 0.29) is 0 Å². The van der Waals surface area contributed by atoms with Crippen molar-refractivity contribution in [2.24, 2.45) is 5.92 Å². The van der Waals surface area contributed by atoms with Crippen LogP contribution in [0.15, 0.2) is 48.5 Å². The molecule has 0 amide bonds. The summed E-state index contributed by atoms with van der Waals surface area (Å²) >= 11 is 0. The zero-order valence-electron chi connectivity index (χ0n) is 12.6. The van der Waals surface area contributed by atoms with Crippen LogP contribution in [0.2, 0.25) is 0 Å². The zero-order chi connectivity index (χ0) is 14.1. The highest BCUT2D eigenvalue weighted by Crippen LogP contribution is 2.48. The minimum atomic E-state index is 0.719. The maximum Gasteiger partial charge on any atom is -0.00929 e. The van der Waals surface area contributed by atoms with Gasteiger partial charge in [0.2, 0.25) is 0 Å². The van der Waals surface area contributed by atoms with E-state index in [1.165, 1.54) is 34.2 Å². The van der Waals surface area contributed by atoms with Crippen LogP contribution in [0, 0.1) is 26.7 Å². The quantitative estimate of drug-likeness (QED) is 0.692. The average molecular weight is 262 g/mol. The second-order valence-corrected chi connectivity index (χ2v) is 6.08. The Bertz CT molecular complexity index is 611. The summed E-state index contributed by atoms with van der Waals surface area (Å²) in [6.45, 7) is 6.53. The molecule has 0 heterocycles. The zero-order valence-corrected chi connectivity index (χ0v) is 12.6. The fourth-order valence-corrected chi connectivity index (χ4v) is 2.93. The van der Waals surface area contributed by atoms with Gasteiger partial charge in [0.15, 0.2) is 0 Å². The predicted octanol–water partition coefficient (Wildman–Crippen LogP) is 5.43. The van der Waals surface area contributed by atoms with Crippen molar-refractivity contribution >= 4 is 6.08 Å². The molecule has 0 bridgehead atoms. The van der Waals surface area contributed by atoms with Gasteiger partial charge in [0.05, 0.1) is 0 Å². The first kappa shape index (κ1) is 13.2. The SMILES string of the molecule is Cc1ccc([C@@H]2C[C@@H]2/C=C/c2c(C)cccc2C)cc1. The molecular formula is C20H22. The molecular weight excluding hydrogens is 240 g/mol. The summed E-state index contributed by atoms with van der Waals surface area (Å²) in [5.41, 5.74) is 6.97. The van der Waals surface area contributed by atoms with Crippen LogP contribution in [-0.2, 0) is 0 Å². The summed E-state index contributed by atoms with van der Waals surface area (Å²) in [7, 11) is 0. The van der Waals surface area contributed by atoms with E-state index in [1.807, 2.05) is 0 Å². The molecule has 0 unspecified atom stereocenters. The van der Waals surface area contributed by atoms with Crippen molar-refractivity contribution in [3.05, 3.63) is 76.4 Å². The molecule has 0 saturated heterocycles. The molecule has 1 saturated carbocycles. The van der Waals surface area contributed by atoms with Crippen molar-refractivity contribution in [1.82, 2.24) is 0 Å². The van der Waals surface area contributed by atoms with Crippen molar-refractivity contribution in [3.8, 4) is 0 Å². The molecule has 1 fully saturated rings. The molecule has 3 rings (SSSR count). The Hall–Kier alpha value is -1.82. The summed E-state index contributed by atoms with van der Waals surface area (Å²) in [4.78, 5) is 0.